The third-order valence-corrected chi connectivity index (χ3v) is 4.28. The first-order valence-electron chi connectivity index (χ1n) is 6.59. The van der Waals surface area contributed by atoms with Crippen LogP contribution in [0.25, 0.3) is 0 Å². The molecule has 1 heterocycles. The Morgan fingerprint density at radius 1 is 1.35 bits per heavy atom. The number of aromatic nitrogens is 2. The lowest BCUT2D eigenvalue weighted by molar-refractivity contribution is 0.579. The van der Waals surface area contributed by atoms with Crippen molar-refractivity contribution in [2.24, 2.45) is 7.05 Å². The number of benzene rings is 1. The van der Waals surface area contributed by atoms with Crippen molar-refractivity contribution in [1.82, 2.24) is 9.78 Å². The highest BCUT2D eigenvalue weighted by molar-refractivity contribution is 6.31. The van der Waals surface area contributed by atoms with Crippen molar-refractivity contribution in [3.8, 4) is 0 Å². The Labute approximate surface area is 128 Å². The highest BCUT2D eigenvalue weighted by atomic mass is 35.5. The van der Waals surface area contributed by atoms with E-state index in [1.807, 2.05) is 20.0 Å². The van der Waals surface area contributed by atoms with Crippen LogP contribution in [0.5, 0.6) is 0 Å². The van der Waals surface area contributed by atoms with E-state index in [1.165, 1.54) is 6.07 Å². The zero-order valence-electron chi connectivity index (χ0n) is 11.5. The lowest BCUT2D eigenvalue weighted by atomic mass is 9.95. The highest BCUT2D eigenvalue weighted by Crippen LogP contribution is 2.29. The molecule has 1 unspecified atom stereocenters. The van der Waals surface area contributed by atoms with Gasteiger partial charge in [-0.15, -0.1) is 11.6 Å². The van der Waals surface area contributed by atoms with Gasteiger partial charge in [-0.1, -0.05) is 36.7 Å². The number of aryl methyl sites for hydroxylation is 2. The summed E-state index contributed by atoms with van der Waals surface area (Å²) >= 11 is 12.4. The van der Waals surface area contributed by atoms with E-state index in [2.05, 4.69) is 5.10 Å². The lowest BCUT2D eigenvalue weighted by Gasteiger charge is -2.15. The number of rotatable bonds is 5. The average Bonchev–Trinajstić information content (AvgIpc) is 2.72. The zero-order chi connectivity index (χ0) is 14.7. The molecule has 0 N–H and O–H groups in total. The fourth-order valence-corrected chi connectivity index (χ4v) is 2.98. The van der Waals surface area contributed by atoms with E-state index in [0.29, 0.717) is 22.9 Å². The number of hydrogen-bond acceptors (Lipinski definition) is 1. The molecule has 0 bridgehead atoms. The maximum atomic E-state index is 13.9. The van der Waals surface area contributed by atoms with Gasteiger partial charge in [0, 0.05) is 18.8 Å². The summed E-state index contributed by atoms with van der Waals surface area (Å²) < 4.78 is 15.7. The Balaban J connectivity index is 2.32. The molecule has 2 aromatic rings. The molecule has 1 aromatic heterocycles. The largest absolute Gasteiger partial charge is 0.271 e. The maximum Gasteiger partial charge on any atom is 0.126 e. The van der Waals surface area contributed by atoms with Crippen LogP contribution < -0.4 is 0 Å². The molecule has 0 fully saturated rings. The molecule has 1 atom stereocenters. The Morgan fingerprint density at radius 3 is 2.60 bits per heavy atom. The number of halogens is 3. The third kappa shape index (κ3) is 2.99. The van der Waals surface area contributed by atoms with Crippen molar-refractivity contribution < 1.29 is 4.39 Å². The quantitative estimate of drug-likeness (QED) is 0.751. The highest BCUT2D eigenvalue weighted by Gasteiger charge is 2.20. The second-order valence-electron chi connectivity index (χ2n) is 4.76. The molecule has 0 radical (unpaired) electrons. The fraction of sp³-hybridized carbons (Fsp3) is 0.400. The number of nitrogens with zero attached hydrogens (tertiary/aromatic N) is 2. The van der Waals surface area contributed by atoms with Crippen LogP contribution in [0.4, 0.5) is 4.39 Å². The molecule has 2 nitrogen and oxygen atoms in total. The molecule has 2 rings (SSSR count). The lowest BCUT2D eigenvalue weighted by Crippen LogP contribution is -2.10. The van der Waals surface area contributed by atoms with Gasteiger partial charge in [-0.2, -0.15) is 5.10 Å². The molecular formula is C15H17Cl2FN2. The summed E-state index contributed by atoms with van der Waals surface area (Å²) in [5.74, 6) is -0.00759. The van der Waals surface area contributed by atoms with Crippen LogP contribution in [-0.2, 0) is 19.9 Å². The van der Waals surface area contributed by atoms with Gasteiger partial charge in [0.1, 0.15) is 5.82 Å². The third-order valence-electron chi connectivity index (χ3n) is 3.47. The average molecular weight is 315 g/mol. The van der Waals surface area contributed by atoms with E-state index in [4.69, 9.17) is 23.2 Å². The van der Waals surface area contributed by atoms with Gasteiger partial charge < -0.3 is 0 Å². The second kappa shape index (κ2) is 6.59. The molecule has 0 saturated heterocycles. The summed E-state index contributed by atoms with van der Waals surface area (Å²) in [4.78, 5) is 0. The summed E-state index contributed by atoms with van der Waals surface area (Å²) in [6.45, 7) is 2.01. The minimum atomic E-state index is -0.229. The van der Waals surface area contributed by atoms with Crippen LogP contribution in [0, 0.1) is 5.82 Å². The van der Waals surface area contributed by atoms with Gasteiger partial charge in [-0.05, 0) is 24.5 Å². The van der Waals surface area contributed by atoms with Crippen molar-refractivity contribution in [2.45, 2.75) is 25.7 Å². The van der Waals surface area contributed by atoms with Gasteiger partial charge in [-0.3, -0.25) is 4.68 Å². The minimum Gasteiger partial charge on any atom is -0.271 e. The van der Waals surface area contributed by atoms with E-state index in [1.54, 1.807) is 16.8 Å². The van der Waals surface area contributed by atoms with E-state index in [9.17, 15) is 4.39 Å². The smallest absolute Gasteiger partial charge is 0.126 e. The molecular weight excluding hydrogens is 298 g/mol. The first-order chi connectivity index (χ1) is 9.58. The molecule has 0 aliphatic rings. The topological polar surface area (TPSA) is 17.8 Å². The van der Waals surface area contributed by atoms with E-state index in [-0.39, 0.29) is 11.7 Å². The predicted molar refractivity (Wildman–Crippen MR) is 81.2 cm³/mol. The zero-order valence-corrected chi connectivity index (χ0v) is 13.0. The van der Waals surface area contributed by atoms with Crippen molar-refractivity contribution in [3.63, 3.8) is 0 Å². The summed E-state index contributed by atoms with van der Waals surface area (Å²) in [6, 6.07) is 6.72. The number of alkyl halides is 1. The molecule has 108 valence electrons. The van der Waals surface area contributed by atoms with Crippen LogP contribution in [-0.4, -0.2) is 15.7 Å². The van der Waals surface area contributed by atoms with Crippen LogP contribution in [0.15, 0.2) is 24.3 Å². The molecule has 0 aliphatic heterocycles. The Bertz CT molecular complexity index is 596. The van der Waals surface area contributed by atoms with Crippen LogP contribution >= 0.6 is 23.2 Å². The van der Waals surface area contributed by atoms with Gasteiger partial charge in [-0.25, -0.2) is 4.39 Å². The Hall–Kier alpha value is -1.06. The van der Waals surface area contributed by atoms with Gasteiger partial charge in [0.05, 0.1) is 16.4 Å². The molecule has 0 amide bonds. The van der Waals surface area contributed by atoms with Gasteiger partial charge in [0.25, 0.3) is 0 Å². The Kier molecular flexibility index (Phi) is 5.06. The monoisotopic (exact) mass is 314 g/mol. The Morgan fingerprint density at radius 2 is 2.05 bits per heavy atom. The van der Waals surface area contributed by atoms with Crippen molar-refractivity contribution in [2.75, 3.05) is 5.88 Å². The predicted octanol–water partition coefficient (Wildman–Crippen LogP) is 4.34. The molecule has 20 heavy (non-hydrogen) atoms. The maximum absolute atomic E-state index is 13.9. The van der Waals surface area contributed by atoms with Gasteiger partial charge in [0.2, 0.25) is 0 Å². The molecule has 0 aliphatic carbocycles. The first-order valence-corrected chi connectivity index (χ1v) is 7.50. The summed E-state index contributed by atoms with van der Waals surface area (Å²) in [7, 11) is 1.85. The van der Waals surface area contributed by atoms with E-state index >= 15 is 0 Å². The molecule has 5 heteroatoms. The normalized spacial score (nSPS) is 12.7. The molecule has 0 spiro atoms. The van der Waals surface area contributed by atoms with Crippen LogP contribution in [0.3, 0.4) is 0 Å². The van der Waals surface area contributed by atoms with Crippen molar-refractivity contribution in [3.05, 3.63) is 52.1 Å². The standard InChI is InChI=1S/C15H17Cl2FN2/c1-3-13-15(17)14(20(2)19-13)8-10(9-16)11-6-4-5-7-12(11)18/h4-7,10H,3,8-9H2,1-2H3. The summed E-state index contributed by atoms with van der Waals surface area (Å²) in [6.07, 6.45) is 1.35. The van der Waals surface area contributed by atoms with Gasteiger partial charge >= 0.3 is 0 Å². The summed E-state index contributed by atoms with van der Waals surface area (Å²) in [5.41, 5.74) is 2.39. The fourth-order valence-electron chi connectivity index (χ4n) is 2.33. The van der Waals surface area contributed by atoms with E-state index in [0.717, 1.165) is 17.8 Å². The van der Waals surface area contributed by atoms with Crippen LogP contribution in [0.1, 0.15) is 29.8 Å². The second-order valence-corrected chi connectivity index (χ2v) is 5.45. The number of hydrogen-bond donors (Lipinski definition) is 0. The van der Waals surface area contributed by atoms with Crippen molar-refractivity contribution >= 4 is 23.2 Å². The van der Waals surface area contributed by atoms with Crippen LogP contribution in [0.2, 0.25) is 5.02 Å². The van der Waals surface area contributed by atoms with E-state index < -0.39 is 0 Å². The minimum absolute atomic E-state index is 0.115. The summed E-state index contributed by atoms with van der Waals surface area (Å²) in [5, 5.41) is 5.05. The molecule has 1 aromatic carbocycles. The SMILES string of the molecule is CCc1nn(C)c(CC(CCl)c2ccccc2F)c1Cl. The first kappa shape index (κ1) is 15.3. The van der Waals surface area contributed by atoms with Crippen molar-refractivity contribution in [1.29, 1.82) is 0 Å². The van der Waals surface area contributed by atoms with Gasteiger partial charge in [0.15, 0.2) is 0 Å². The molecule has 0 saturated carbocycles.